The molecule has 1 heterocycles. The summed E-state index contributed by atoms with van der Waals surface area (Å²) in [6.07, 6.45) is 0.988. The molecule has 0 spiro atoms. The Hall–Kier alpha value is -0.593. The van der Waals surface area contributed by atoms with E-state index in [1.807, 2.05) is 0 Å². The zero-order valence-corrected chi connectivity index (χ0v) is 15.1. The number of carbonyl (C=O) groups is 1. The first-order valence-corrected chi connectivity index (χ1v) is 10.7. The predicted octanol–water partition coefficient (Wildman–Crippen LogP) is 3.41. The lowest BCUT2D eigenvalue weighted by Crippen LogP contribution is -2.41. The normalized spacial score (nSPS) is 18.0. The van der Waals surface area contributed by atoms with Gasteiger partial charge in [-0.2, -0.15) is 0 Å². The largest absolute Gasteiger partial charge is 0.465 e. The SMILES string of the molecule is CC(C)(C)[Si](C)(C)OCCOCC1CCN(C(=O)O)CC1. The molecule has 0 aliphatic carbocycles. The summed E-state index contributed by atoms with van der Waals surface area (Å²) in [7, 11) is -1.67. The maximum atomic E-state index is 10.8. The lowest BCUT2D eigenvalue weighted by atomic mass is 9.98. The number of rotatable bonds is 6. The van der Waals surface area contributed by atoms with Crippen molar-refractivity contribution < 1.29 is 19.1 Å². The van der Waals surface area contributed by atoms with Gasteiger partial charge in [0.2, 0.25) is 0 Å². The number of hydrogen-bond donors (Lipinski definition) is 1. The van der Waals surface area contributed by atoms with E-state index in [1.165, 1.54) is 4.90 Å². The summed E-state index contributed by atoms with van der Waals surface area (Å²) in [6, 6.07) is 0. The van der Waals surface area contributed by atoms with Crippen molar-refractivity contribution in [1.82, 2.24) is 4.90 Å². The molecule has 6 heteroatoms. The van der Waals surface area contributed by atoms with Gasteiger partial charge < -0.3 is 19.2 Å². The molecule has 0 aromatic heterocycles. The van der Waals surface area contributed by atoms with Crippen molar-refractivity contribution in [3.63, 3.8) is 0 Å². The van der Waals surface area contributed by atoms with Crippen LogP contribution in [0.15, 0.2) is 0 Å². The summed E-state index contributed by atoms with van der Waals surface area (Å²) in [5.41, 5.74) is 0. The molecule has 0 atom stereocenters. The van der Waals surface area contributed by atoms with Gasteiger partial charge in [0, 0.05) is 19.7 Å². The number of amides is 1. The van der Waals surface area contributed by atoms with Crippen molar-refractivity contribution in [2.24, 2.45) is 5.92 Å². The van der Waals surface area contributed by atoms with Crippen LogP contribution in [-0.2, 0) is 9.16 Å². The van der Waals surface area contributed by atoms with E-state index in [0.29, 0.717) is 38.8 Å². The molecule has 0 bridgehead atoms. The zero-order chi connectivity index (χ0) is 16.1. The minimum atomic E-state index is -1.67. The maximum Gasteiger partial charge on any atom is 0.407 e. The number of ether oxygens (including phenoxy) is 1. The fourth-order valence-electron chi connectivity index (χ4n) is 2.11. The molecule has 124 valence electrons. The fourth-order valence-corrected chi connectivity index (χ4v) is 3.14. The van der Waals surface area contributed by atoms with Crippen molar-refractivity contribution in [3.05, 3.63) is 0 Å². The Kier molecular flexibility index (Phi) is 6.68. The van der Waals surface area contributed by atoms with Crippen LogP contribution in [-0.4, -0.2) is 57.3 Å². The lowest BCUT2D eigenvalue weighted by molar-refractivity contribution is 0.0482. The van der Waals surface area contributed by atoms with Crippen molar-refractivity contribution in [2.45, 2.75) is 51.7 Å². The molecular weight excluding hydrogens is 286 g/mol. The topological polar surface area (TPSA) is 59.0 Å². The highest BCUT2D eigenvalue weighted by atomic mass is 28.4. The molecule has 1 aliphatic rings. The molecular formula is C15H31NO4Si. The first-order valence-electron chi connectivity index (χ1n) is 7.83. The Morgan fingerprint density at radius 1 is 1.24 bits per heavy atom. The molecule has 0 unspecified atom stereocenters. The molecule has 0 aromatic rings. The summed E-state index contributed by atoms with van der Waals surface area (Å²) in [5.74, 6) is 0.480. The van der Waals surface area contributed by atoms with E-state index in [9.17, 15) is 4.79 Å². The number of hydrogen-bond acceptors (Lipinski definition) is 3. The lowest BCUT2D eigenvalue weighted by Gasteiger charge is -2.36. The van der Waals surface area contributed by atoms with Crippen LogP contribution in [0.1, 0.15) is 33.6 Å². The van der Waals surface area contributed by atoms with Gasteiger partial charge in [-0.05, 0) is 36.9 Å². The summed E-state index contributed by atoms with van der Waals surface area (Å²) >= 11 is 0. The zero-order valence-electron chi connectivity index (χ0n) is 14.1. The van der Waals surface area contributed by atoms with Gasteiger partial charge in [0.25, 0.3) is 0 Å². The molecule has 1 fully saturated rings. The first-order chi connectivity index (χ1) is 9.63. The summed E-state index contributed by atoms with van der Waals surface area (Å²) in [5, 5.41) is 9.13. The van der Waals surface area contributed by atoms with Crippen LogP contribution >= 0.6 is 0 Å². The van der Waals surface area contributed by atoms with Crippen molar-refractivity contribution in [3.8, 4) is 0 Å². The maximum absolute atomic E-state index is 10.8. The second kappa shape index (κ2) is 7.60. The minimum Gasteiger partial charge on any atom is -0.465 e. The molecule has 1 N–H and O–H groups in total. The van der Waals surface area contributed by atoms with E-state index < -0.39 is 14.4 Å². The Labute approximate surface area is 129 Å². The van der Waals surface area contributed by atoms with Crippen LogP contribution in [0.4, 0.5) is 4.79 Å². The highest BCUT2D eigenvalue weighted by Gasteiger charge is 2.36. The van der Waals surface area contributed by atoms with Crippen LogP contribution < -0.4 is 0 Å². The molecule has 5 nitrogen and oxygen atoms in total. The monoisotopic (exact) mass is 317 g/mol. The average Bonchev–Trinajstić information content (AvgIpc) is 2.37. The molecule has 0 radical (unpaired) electrons. The van der Waals surface area contributed by atoms with Gasteiger partial charge >= 0.3 is 6.09 Å². The number of nitrogens with zero attached hydrogens (tertiary/aromatic N) is 1. The molecule has 1 amide bonds. The molecule has 1 aliphatic heterocycles. The summed E-state index contributed by atoms with van der Waals surface area (Å²) in [4.78, 5) is 12.3. The Bertz CT molecular complexity index is 333. The van der Waals surface area contributed by atoms with Gasteiger partial charge in [0.1, 0.15) is 0 Å². The van der Waals surface area contributed by atoms with Crippen LogP contribution in [0.2, 0.25) is 18.1 Å². The minimum absolute atomic E-state index is 0.233. The van der Waals surface area contributed by atoms with Gasteiger partial charge in [-0.3, -0.25) is 0 Å². The number of piperidine rings is 1. The molecule has 0 aromatic carbocycles. The van der Waals surface area contributed by atoms with E-state index in [0.717, 1.165) is 12.8 Å². The third-order valence-electron chi connectivity index (χ3n) is 4.74. The van der Waals surface area contributed by atoms with Gasteiger partial charge in [-0.15, -0.1) is 0 Å². The van der Waals surface area contributed by atoms with Crippen molar-refractivity contribution in [1.29, 1.82) is 0 Å². The van der Waals surface area contributed by atoms with E-state index in [4.69, 9.17) is 14.3 Å². The van der Waals surface area contributed by atoms with Crippen LogP contribution in [0.5, 0.6) is 0 Å². The van der Waals surface area contributed by atoms with Crippen LogP contribution in [0.3, 0.4) is 0 Å². The predicted molar refractivity (Wildman–Crippen MR) is 86.3 cm³/mol. The molecule has 1 rings (SSSR count). The van der Waals surface area contributed by atoms with E-state index in [1.54, 1.807) is 0 Å². The fraction of sp³-hybridized carbons (Fsp3) is 0.933. The third kappa shape index (κ3) is 5.96. The van der Waals surface area contributed by atoms with E-state index >= 15 is 0 Å². The van der Waals surface area contributed by atoms with E-state index in [-0.39, 0.29) is 5.04 Å². The van der Waals surface area contributed by atoms with Crippen molar-refractivity contribution in [2.75, 3.05) is 32.9 Å². The first kappa shape index (κ1) is 18.5. The van der Waals surface area contributed by atoms with Gasteiger partial charge in [0.15, 0.2) is 8.32 Å². The third-order valence-corrected chi connectivity index (χ3v) is 9.27. The number of likely N-dealkylation sites (tertiary alicyclic amines) is 1. The van der Waals surface area contributed by atoms with Crippen LogP contribution in [0.25, 0.3) is 0 Å². The quantitative estimate of drug-likeness (QED) is 0.602. The summed E-state index contributed by atoms with van der Waals surface area (Å²) in [6.45, 7) is 14.4. The van der Waals surface area contributed by atoms with Crippen LogP contribution in [0, 0.1) is 5.92 Å². The summed E-state index contributed by atoms with van der Waals surface area (Å²) < 4.78 is 11.8. The van der Waals surface area contributed by atoms with Gasteiger partial charge in [0.05, 0.1) is 13.2 Å². The Morgan fingerprint density at radius 3 is 2.29 bits per heavy atom. The standard InChI is InChI=1S/C15H31NO4Si/c1-15(2,3)21(4,5)20-11-10-19-12-13-6-8-16(9-7-13)14(17)18/h13H,6-12H2,1-5H3,(H,17,18). The highest BCUT2D eigenvalue weighted by Crippen LogP contribution is 2.36. The molecule has 0 saturated carbocycles. The number of carboxylic acid groups (broad SMARTS) is 1. The second-order valence-electron chi connectivity index (χ2n) is 7.40. The highest BCUT2D eigenvalue weighted by molar-refractivity contribution is 6.74. The van der Waals surface area contributed by atoms with Gasteiger partial charge in [-0.25, -0.2) is 4.79 Å². The average molecular weight is 318 g/mol. The van der Waals surface area contributed by atoms with Gasteiger partial charge in [-0.1, -0.05) is 20.8 Å². The second-order valence-corrected chi connectivity index (χ2v) is 12.2. The molecule has 21 heavy (non-hydrogen) atoms. The Balaban J connectivity index is 2.12. The van der Waals surface area contributed by atoms with E-state index in [2.05, 4.69) is 33.9 Å². The Morgan fingerprint density at radius 2 is 1.81 bits per heavy atom. The van der Waals surface area contributed by atoms with Crippen molar-refractivity contribution >= 4 is 14.4 Å². The smallest absolute Gasteiger partial charge is 0.407 e. The molecule has 1 saturated heterocycles.